The van der Waals surface area contributed by atoms with Crippen LogP contribution < -0.4 is 10.6 Å². The molecule has 218 valence electrons. The van der Waals surface area contributed by atoms with Gasteiger partial charge in [-0.05, 0) is 25.7 Å². The summed E-state index contributed by atoms with van der Waals surface area (Å²) in [5, 5.41) is 24.3. The molecule has 1 fully saturated rings. The van der Waals surface area contributed by atoms with Crippen molar-refractivity contribution in [3.63, 3.8) is 0 Å². The number of carbonyl (C=O) groups excluding carboxylic acids is 4. The van der Waals surface area contributed by atoms with Crippen LogP contribution in [0.15, 0.2) is 12.2 Å². The first-order chi connectivity index (χ1) is 18.3. The number of aliphatic hydroxyl groups is 2. The second-order valence-electron chi connectivity index (χ2n) is 9.89. The first-order valence-electron chi connectivity index (χ1n) is 14.2. The van der Waals surface area contributed by atoms with Crippen molar-refractivity contribution in [3.05, 3.63) is 12.2 Å². The van der Waals surface area contributed by atoms with E-state index in [9.17, 15) is 29.4 Å². The Hall–Kier alpha value is -2.46. The average molecular weight is 541 g/mol. The molecule has 0 aromatic rings. The molecular formula is C28H48N2O8. The molecule has 0 radical (unpaired) electrons. The van der Waals surface area contributed by atoms with Crippen LogP contribution in [0.4, 0.5) is 0 Å². The maximum Gasteiger partial charge on any atom is 0.331 e. The largest absolute Gasteiger partial charge is 0.460 e. The Morgan fingerprint density at radius 1 is 0.711 bits per heavy atom. The summed E-state index contributed by atoms with van der Waals surface area (Å²) in [6.45, 7) is 2.89. The molecule has 0 aromatic carbocycles. The first-order valence-corrected chi connectivity index (χ1v) is 14.2. The van der Waals surface area contributed by atoms with Crippen molar-refractivity contribution in [1.29, 1.82) is 0 Å². The molecule has 10 nitrogen and oxygen atoms in total. The molecule has 1 heterocycles. The van der Waals surface area contributed by atoms with Gasteiger partial charge in [-0.25, -0.2) is 9.59 Å². The van der Waals surface area contributed by atoms with Crippen molar-refractivity contribution in [1.82, 2.24) is 10.6 Å². The SMILES string of the molecule is CCCCCCC=CCC1CC(=O)NC(CO)C(=O)OC(CCCCCCC)CC(=O)NC(CO)C(=O)O1. The topological polar surface area (TPSA) is 151 Å². The Morgan fingerprint density at radius 2 is 1.21 bits per heavy atom. The van der Waals surface area contributed by atoms with Crippen molar-refractivity contribution in [2.75, 3.05) is 13.2 Å². The smallest absolute Gasteiger partial charge is 0.331 e. The van der Waals surface area contributed by atoms with E-state index in [1.807, 2.05) is 12.2 Å². The molecule has 0 saturated carbocycles. The number of hydrogen-bond donors (Lipinski definition) is 4. The molecule has 1 aliphatic rings. The maximum absolute atomic E-state index is 12.7. The quantitative estimate of drug-likeness (QED) is 0.141. The van der Waals surface area contributed by atoms with Crippen molar-refractivity contribution in [3.8, 4) is 0 Å². The van der Waals surface area contributed by atoms with Gasteiger partial charge < -0.3 is 30.3 Å². The van der Waals surface area contributed by atoms with Gasteiger partial charge in [0, 0.05) is 6.42 Å². The molecule has 1 saturated heterocycles. The standard InChI is InChI=1S/C28H48N2O8/c1-3-5-7-9-10-12-14-16-22-18-26(34)30-23(19-31)27(35)37-21(15-13-11-8-6-4-2)17-25(33)29-24(20-32)28(36)38-22/h12,14,21-24,31-32H,3-11,13,15-20H2,1-2H3,(H,29,33)(H,30,34). The van der Waals surface area contributed by atoms with Crippen LogP contribution in [0.5, 0.6) is 0 Å². The third kappa shape index (κ3) is 14.5. The number of carbonyl (C=O) groups is 4. The van der Waals surface area contributed by atoms with E-state index in [2.05, 4.69) is 24.5 Å². The molecule has 0 spiro atoms. The monoisotopic (exact) mass is 540 g/mol. The van der Waals surface area contributed by atoms with Crippen LogP contribution in [-0.2, 0) is 28.7 Å². The molecule has 0 aromatic heterocycles. The lowest BCUT2D eigenvalue weighted by molar-refractivity contribution is -0.160. The molecule has 1 rings (SSSR count). The number of rotatable bonds is 15. The van der Waals surface area contributed by atoms with Crippen LogP contribution in [0, 0.1) is 0 Å². The fourth-order valence-corrected chi connectivity index (χ4v) is 4.18. The maximum atomic E-state index is 12.7. The summed E-state index contributed by atoms with van der Waals surface area (Å²) in [5.74, 6) is -2.84. The van der Waals surface area contributed by atoms with E-state index in [0.717, 1.165) is 64.2 Å². The normalized spacial score (nSPS) is 23.9. The minimum Gasteiger partial charge on any atom is -0.460 e. The van der Waals surface area contributed by atoms with Crippen LogP contribution in [0.25, 0.3) is 0 Å². The zero-order chi connectivity index (χ0) is 28.2. The van der Waals surface area contributed by atoms with Gasteiger partial charge in [-0.3, -0.25) is 9.59 Å². The van der Waals surface area contributed by atoms with Crippen molar-refractivity contribution in [2.24, 2.45) is 0 Å². The van der Waals surface area contributed by atoms with E-state index in [1.54, 1.807) is 0 Å². The van der Waals surface area contributed by atoms with Gasteiger partial charge in [0.25, 0.3) is 0 Å². The van der Waals surface area contributed by atoms with E-state index in [0.29, 0.717) is 6.42 Å². The fraction of sp³-hybridized carbons (Fsp3) is 0.786. The number of cyclic esters (lactones) is 2. The highest BCUT2D eigenvalue weighted by molar-refractivity contribution is 5.87. The lowest BCUT2D eigenvalue weighted by atomic mass is 10.1. The molecule has 10 heteroatoms. The Bertz CT molecular complexity index is 742. The third-order valence-corrected chi connectivity index (χ3v) is 6.42. The number of ether oxygens (including phenoxy) is 2. The van der Waals surface area contributed by atoms with Crippen LogP contribution in [0.1, 0.15) is 104 Å². The molecule has 1 aliphatic heterocycles. The molecular weight excluding hydrogens is 492 g/mol. The second-order valence-corrected chi connectivity index (χ2v) is 9.89. The lowest BCUT2D eigenvalue weighted by Crippen LogP contribution is -2.49. The van der Waals surface area contributed by atoms with Crippen molar-refractivity contribution in [2.45, 2.75) is 128 Å². The third-order valence-electron chi connectivity index (χ3n) is 6.42. The van der Waals surface area contributed by atoms with Gasteiger partial charge in [-0.15, -0.1) is 0 Å². The fourth-order valence-electron chi connectivity index (χ4n) is 4.18. The van der Waals surface area contributed by atoms with Crippen LogP contribution in [0.3, 0.4) is 0 Å². The molecule has 4 unspecified atom stereocenters. The predicted octanol–water partition coefficient (Wildman–Crippen LogP) is 2.84. The number of allylic oxidation sites excluding steroid dienone is 1. The summed E-state index contributed by atoms with van der Waals surface area (Å²) in [4.78, 5) is 50.8. The molecule has 4 N–H and O–H groups in total. The van der Waals surface area contributed by atoms with Crippen LogP contribution in [0.2, 0.25) is 0 Å². The highest BCUT2D eigenvalue weighted by Gasteiger charge is 2.31. The van der Waals surface area contributed by atoms with Gasteiger partial charge in [0.1, 0.15) is 12.2 Å². The minimum atomic E-state index is -1.31. The Labute approximate surface area is 226 Å². The summed E-state index contributed by atoms with van der Waals surface area (Å²) in [5.41, 5.74) is 0. The van der Waals surface area contributed by atoms with Gasteiger partial charge in [-0.2, -0.15) is 0 Å². The van der Waals surface area contributed by atoms with Crippen molar-refractivity contribution < 1.29 is 38.9 Å². The Kier molecular flexibility index (Phi) is 18.1. The highest BCUT2D eigenvalue weighted by Crippen LogP contribution is 2.15. The number of aliphatic hydroxyl groups excluding tert-OH is 2. The van der Waals surface area contributed by atoms with E-state index in [4.69, 9.17) is 9.47 Å². The predicted molar refractivity (Wildman–Crippen MR) is 143 cm³/mol. The summed E-state index contributed by atoms with van der Waals surface area (Å²) in [6.07, 6.45) is 12.4. The number of nitrogens with one attached hydrogen (secondary N) is 2. The van der Waals surface area contributed by atoms with Crippen LogP contribution in [-0.4, -0.2) is 71.5 Å². The number of unbranched alkanes of at least 4 members (excludes halogenated alkanes) is 8. The number of amides is 2. The summed E-state index contributed by atoms with van der Waals surface area (Å²) in [7, 11) is 0. The van der Waals surface area contributed by atoms with E-state index in [1.165, 1.54) is 0 Å². The van der Waals surface area contributed by atoms with Crippen molar-refractivity contribution >= 4 is 23.8 Å². The van der Waals surface area contributed by atoms with E-state index >= 15 is 0 Å². The zero-order valence-electron chi connectivity index (χ0n) is 23.1. The zero-order valence-corrected chi connectivity index (χ0v) is 23.1. The molecule has 4 atom stereocenters. The first kappa shape index (κ1) is 33.6. The number of hydrogen-bond acceptors (Lipinski definition) is 8. The molecule has 2 amide bonds. The van der Waals surface area contributed by atoms with Gasteiger partial charge in [0.05, 0.1) is 26.1 Å². The van der Waals surface area contributed by atoms with Gasteiger partial charge in [0.2, 0.25) is 11.8 Å². The lowest BCUT2D eigenvalue weighted by Gasteiger charge is -2.25. The van der Waals surface area contributed by atoms with Gasteiger partial charge in [-0.1, -0.05) is 70.9 Å². The number of esters is 2. The summed E-state index contributed by atoms with van der Waals surface area (Å²) >= 11 is 0. The van der Waals surface area contributed by atoms with E-state index in [-0.39, 0.29) is 19.3 Å². The molecule has 38 heavy (non-hydrogen) atoms. The second kappa shape index (κ2) is 20.5. The average Bonchev–Trinajstić information content (AvgIpc) is 2.88. The Morgan fingerprint density at radius 3 is 1.76 bits per heavy atom. The molecule has 0 aliphatic carbocycles. The van der Waals surface area contributed by atoms with Gasteiger partial charge in [0.15, 0.2) is 12.1 Å². The van der Waals surface area contributed by atoms with E-state index < -0.39 is 61.3 Å². The Balaban J connectivity index is 2.95. The summed E-state index contributed by atoms with van der Waals surface area (Å²) in [6, 6.07) is -2.60. The van der Waals surface area contributed by atoms with Gasteiger partial charge >= 0.3 is 11.9 Å². The highest BCUT2D eigenvalue weighted by atomic mass is 16.6. The molecule has 0 bridgehead atoms. The van der Waals surface area contributed by atoms with Crippen LogP contribution >= 0.6 is 0 Å². The summed E-state index contributed by atoms with van der Waals surface area (Å²) < 4.78 is 11.0. The minimum absolute atomic E-state index is 0.223.